The van der Waals surface area contributed by atoms with Gasteiger partial charge >= 0.3 is 5.97 Å². The highest BCUT2D eigenvalue weighted by molar-refractivity contribution is 9.10. The summed E-state index contributed by atoms with van der Waals surface area (Å²) >= 11 is 4.82. The smallest absolute Gasteiger partial charge is 0.338 e. The maximum Gasteiger partial charge on any atom is 0.338 e. The molecule has 3 heterocycles. The van der Waals surface area contributed by atoms with Gasteiger partial charge in [0, 0.05) is 27.1 Å². The van der Waals surface area contributed by atoms with Crippen molar-refractivity contribution in [2.45, 2.75) is 33.7 Å². The Morgan fingerprint density at radius 2 is 1.81 bits per heavy atom. The number of hydrogen-bond acceptors (Lipinski definition) is 6. The van der Waals surface area contributed by atoms with Crippen LogP contribution >= 0.6 is 27.3 Å². The van der Waals surface area contributed by atoms with Crippen LogP contribution in [0.1, 0.15) is 42.4 Å². The van der Waals surface area contributed by atoms with Gasteiger partial charge in [-0.15, -0.1) is 0 Å². The molecule has 0 spiro atoms. The third-order valence-corrected chi connectivity index (χ3v) is 9.29. The first-order chi connectivity index (χ1) is 20.7. The van der Waals surface area contributed by atoms with Crippen LogP contribution in [-0.4, -0.2) is 28.8 Å². The van der Waals surface area contributed by atoms with Gasteiger partial charge in [0.05, 0.1) is 29.5 Å². The topological polar surface area (TPSA) is 74.8 Å². The summed E-state index contributed by atoms with van der Waals surface area (Å²) in [6.45, 7) is 7.86. The van der Waals surface area contributed by atoms with Crippen molar-refractivity contribution in [3.05, 3.63) is 125 Å². The molecule has 0 saturated carbocycles. The molecule has 0 amide bonds. The lowest BCUT2D eigenvalue weighted by molar-refractivity contribution is -0.139. The minimum Gasteiger partial charge on any atom is -0.496 e. The number of benzene rings is 3. The van der Waals surface area contributed by atoms with Gasteiger partial charge in [0.1, 0.15) is 11.8 Å². The quantitative estimate of drug-likeness (QED) is 0.206. The van der Waals surface area contributed by atoms with Gasteiger partial charge in [0.25, 0.3) is 5.56 Å². The van der Waals surface area contributed by atoms with Crippen LogP contribution in [-0.2, 0) is 9.53 Å². The van der Waals surface area contributed by atoms with E-state index in [0.29, 0.717) is 26.4 Å². The van der Waals surface area contributed by atoms with Crippen LogP contribution in [0.5, 0.6) is 5.75 Å². The minimum absolute atomic E-state index is 0.202. The number of fused-ring (bicyclic) bond motifs is 2. The molecule has 0 aliphatic carbocycles. The number of halogens is 1. The van der Waals surface area contributed by atoms with Crippen LogP contribution < -0.4 is 19.6 Å². The van der Waals surface area contributed by atoms with Crippen LogP contribution in [0.15, 0.2) is 92.3 Å². The number of aromatic nitrogens is 2. The van der Waals surface area contributed by atoms with E-state index in [1.54, 1.807) is 25.5 Å². The van der Waals surface area contributed by atoms with E-state index in [9.17, 15) is 9.59 Å². The number of carbonyl (C=O) groups excluding carboxylic acids is 1. The van der Waals surface area contributed by atoms with Crippen LogP contribution in [0.3, 0.4) is 0 Å². The Morgan fingerprint density at radius 1 is 1.07 bits per heavy atom. The fourth-order valence-electron chi connectivity index (χ4n) is 5.86. The van der Waals surface area contributed by atoms with E-state index in [-0.39, 0.29) is 12.2 Å². The number of aryl methyl sites for hydroxylation is 1. The number of esters is 1. The standard InChI is InChI=1S/C34H30BrN3O4S/c1-6-42-33(40)29-20(3)36-34-38(31(29)30-26-10-8-7-9-22(26)11-16-27(30)41-5)32(39)28(43-34)18-23-17-19(2)37(21(23)4)25-14-12-24(35)13-15-25/h7-18,31H,6H2,1-5H3/b28-18+/t31-/m0/s1. The third-order valence-electron chi connectivity index (χ3n) is 7.78. The normalized spacial score (nSPS) is 15.0. The van der Waals surface area contributed by atoms with Crippen molar-refractivity contribution in [1.82, 2.24) is 9.13 Å². The monoisotopic (exact) mass is 655 g/mol. The summed E-state index contributed by atoms with van der Waals surface area (Å²) in [7, 11) is 1.60. The molecule has 5 aromatic rings. The van der Waals surface area contributed by atoms with Gasteiger partial charge in [-0.25, -0.2) is 9.79 Å². The molecule has 0 bridgehead atoms. The highest BCUT2D eigenvalue weighted by Gasteiger charge is 2.36. The number of nitrogens with zero attached hydrogens (tertiary/aromatic N) is 3. The molecule has 43 heavy (non-hydrogen) atoms. The predicted molar refractivity (Wildman–Crippen MR) is 174 cm³/mol. The second-order valence-electron chi connectivity index (χ2n) is 10.3. The second kappa shape index (κ2) is 11.5. The van der Waals surface area contributed by atoms with Crippen LogP contribution in [0.25, 0.3) is 22.5 Å². The molecule has 9 heteroatoms. The molecule has 0 N–H and O–H groups in total. The predicted octanol–water partition coefficient (Wildman–Crippen LogP) is 6.13. The van der Waals surface area contributed by atoms with E-state index in [4.69, 9.17) is 14.5 Å². The Labute approximate surface area is 261 Å². The third kappa shape index (κ3) is 4.96. The molecule has 0 fully saturated rings. The highest BCUT2D eigenvalue weighted by Crippen LogP contribution is 2.40. The Kier molecular flexibility index (Phi) is 7.70. The number of hydrogen-bond donors (Lipinski definition) is 0. The lowest BCUT2D eigenvalue weighted by atomic mass is 9.90. The maximum atomic E-state index is 14.3. The van der Waals surface area contributed by atoms with Crippen molar-refractivity contribution in [1.29, 1.82) is 0 Å². The van der Waals surface area contributed by atoms with Gasteiger partial charge in [-0.2, -0.15) is 0 Å². The molecule has 7 nitrogen and oxygen atoms in total. The van der Waals surface area contributed by atoms with E-state index < -0.39 is 12.0 Å². The van der Waals surface area contributed by atoms with Crippen LogP contribution in [0.4, 0.5) is 0 Å². The Hall–Kier alpha value is -4.21. The first-order valence-corrected chi connectivity index (χ1v) is 15.5. The zero-order valence-corrected chi connectivity index (χ0v) is 26.9. The fourth-order valence-corrected chi connectivity index (χ4v) is 7.16. The van der Waals surface area contributed by atoms with Crippen molar-refractivity contribution in [2.75, 3.05) is 13.7 Å². The van der Waals surface area contributed by atoms with Crippen molar-refractivity contribution in [3.63, 3.8) is 0 Å². The van der Waals surface area contributed by atoms with E-state index >= 15 is 0 Å². The van der Waals surface area contributed by atoms with Gasteiger partial charge in [-0.3, -0.25) is 9.36 Å². The van der Waals surface area contributed by atoms with Crippen molar-refractivity contribution < 1.29 is 14.3 Å². The second-order valence-corrected chi connectivity index (χ2v) is 12.3. The van der Waals surface area contributed by atoms with Gasteiger partial charge in [-0.1, -0.05) is 57.6 Å². The van der Waals surface area contributed by atoms with Crippen LogP contribution in [0, 0.1) is 13.8 Å². The molecule has 0 radical (unpaired) electrons. The highest BCUT2D eigenvalue weighted by atomic mass is 79.9. The lowest BCUT2D eigenvalue weighted by Crippen LogP contribution is -2.40. The van der Waals surface area contributed by atoms with Gasteiger partial charge in [0.15, 0.2) is 4.80 Å². The van der Waals surface area contributed by atoms with Gasteiger partial charge in [-0.05, 0) is 86.5 Å². The molecule has 1 aliphatic rings. The Bertz CT molecular complexity index is 2120. The fraction of sp³-hybridized carbons (Fsp3) is 0.206. The molecule has 6 rings (SSSR count). The molecule has 0 saturated heterocycles. The molecular weight excluding hydrogens is 626 g/mol. The number of thiazole rings is 1. The molecule has 1 aliphatic heterocycles. The largest absolute Gasteiger partial charge is 0.496 e. The number of allylic oxidation sites excluding steroid dienone is 1. The average Bonchev–Trinajstić information content (AvgIpc) is 3.45. The Morgan fingerprint density at radius 3 is 2.53 bits per heavy atom. The number of rotatable bonds is 6. The average molecular weight is 657 g/mol. The van der Waals surface area contributed by atoms with Crippen LogP contribution in [0.2, 0.25) is 0 Å². The molecule has 1 atom stereocenters. The molecule has 218 valence electrons. The van der Waals surface area contributed by atoms with Crippen molar-refractivity contribution in [3.8, 4) is 11.4 Å². The molecule has 0 unspecified atom stereocenters. The summed E-state index contributed by atoms with van der Waals surface area (Å²) < 4.78 is 16.7. The molecule has 2 aromatic heterocycles. The first-order valence-electron chi connectivity index (χ1n) is 13.9. The summed E-state index contributed by atoms with van der Waals surface area (Å²) in [5.41, 5.74) is 5.37. The summed E-state index contributed by atoms with van der Waals surface area (Å²) in [5.74, 6) is 0.0730. The number of methoxy groups -OCH3 is 1. The van der Waals surface area contributed by atoms with E-state index in [2.05, 4.69) is 45.6 Å². The number of ether oxygens (including phenoxy) is 2. The molecular formula is C34H30BrN3O4S. The van der Waals surface area contributed by atoms with Crippen molar-refractivity contribution in [2.24, 2.45) is 4.99 Å². The minimum atomic E-state index is -0.784. The Balaban J connectivity index is 1.60. The maximum absolute atomic E-state index is 14.3. The summed E-state index contributed by atoms with van der Waals surface area (Å²) in [4.78, 5) is 33.1. The summed E-state index contributed by atoms with van der Waals surface area (Å²) in [6.07, 6.45) is 1.92. The number of carbonyl (C=O) groups is 1. The van der Waals surface area contributed by atoms with E-state index in [0.717, 1.165) is 43.4 Å². The zero-order chi connectivity index (χ0) is 30.4. The molecule has 3 aromatic carbocycles. The van der Waals surface area contributed by atoms with Gasteiger partial charge in [0.2, 0.25) is 0 Å². The first kappa shape index (κ1) is 28.9. The van der Waals surface area contributed by atoms with Gasteiger partial charge < -0.3 is 14.0 Å². The summed E-state index contributed by atoms with van der Waals surface area (Å²) in [6, 6.07) is 21.2. The zero-order valence-electron chi connectivity index (χ0n) is 24.5. The SMILES string of the molecule is CCOC(=O)C1=C(C)N=c2s/c(=C/c3cc(C)n(-c4ccc(Br)cc4)c3C)c(=O)n2[C@@H]1c1c(OC)ccc2ccccc12. The lowest BCUT2D eigenvalue weighted by Gasteiger charge is -2.27. The summed E-state index contributed by atoms with van der Waals surface area (Å²) in [5, 5.41) is 1.86. The van der Waals surface area contributed by atoms with Crippen molar-refractivity contribution >= 4 is 50.1 Å². The van der Waals surface area contributed by atoms with E-state index in [1.165, 1.54) is 11.3 Å². The van der Waals surface area contributed by atoms with E-state index in [1.807, 2.05) is 61.5 Å².